The second-order valence-electron chi connectivity index (χ2n) is 10.0. The van der Waals surface area contributed by atoms with Crippen molar-refractivity contribution in [2.45, 2.75) is 19.8 Å². The van der Waals surface area contributed by atoms with Gasteiger partial charge in [0, 0.05) is 83.1 Å². The highest BCUT2D eigenvalue weighted by atomic mass is 16.5. The molecule has 0 atom stereocenters. The smallest absolute Gasteiger partial charge is 0.270 e. The Balaban J connectivity index is 1.32. The molecule has 2 aliphatic rings. The van der Waals surface area contributed by atoms with E-state index in [4.69, 9.17) is 9.47 Å². The Hall–Kier alpha value is -3.82. The number of benzene rings is 1. The van der Waals surface area contributed by atoms with Crippen molar-refractivity contribution >= 4 is 17.3 Å². The second kappa shape index (κ2) is 13.3. The summed E-state index contributed by atoms with van der Waals surface area (Å²) < 4.78 is 11.5. The highest BCUT2D eigenvalue weighted by Crippen LogP contribution is 2.30. The van der Waals surface area contributed by atoms with Gasteiger partial charge in [-0.15, -0.1) is 0 Å². The molecular formula is C30H40N6O3. The number of hydrogen-bond donors (Lipinski definition) is 2. The summed E-state index contributed by atoms with van der Waals surface area (Å²) in [5, 5.41) is 6.35. The molecule has 1 aromatic carbocycles. The molecule has 4 rings (SSSR count). The van der Waals surface area contributed by atoms with E-state index in [2.05, 4.69) is 74.2 Å². The maximum Gasteiger partial charge on any atom is 0.270 e. The number of amides is 1. The SMILES string of the molecule is C=C(Nc1ccc(N(C)C)cc1)N(C)C1=C(C)C=C(Oc2ccnc(C(=O)NCCN3CCOCC3)c2)CC1. The average molecular weight is 533 g/mol. The van der Waals surface area contributed by atoms with E-state index in [0.29, 0.717) is 18.0 Å². The summed E-state index contributed by atoms with van der Waals surface area (Å²) in [5.74, 6) is 2.06. The van der Waals surface area contributed by atoms with E-state index in [1.807, 2.05) is 21.1 Å². The van der Waals surface area contributed by atoms with Gasteiger partial charge in [-0.25, -0.2) is 0 Å². The Morgan fingerprint density at radius 3 is 2.56 bits per heavy atom. The summed E-state index contributed by atoms with van der Waals surface area (Å²) >= 11 is 0. The standard InChI is InChI=1S/C30H40N6O3/c1-22-20-26(10-11-29(22)35(5)23(2)33-24-6-8-25(9-7-24)34(3)4)39-27-12-13-31-28(21-27)30(37)32-14-15-36-16-18-38-19-17-36/h6-9,12-13,20-21,33H,2,10-11,14-19H2,1,3-5H3,(H,32,37). The molecule has 1 aliphatic carbocycles. The van der Waals surface area contributed by atoms with Crippen molar-refractivity contribution in [3.8, 4) is 5.75 Å². The normalized spacial score (nSPS) is 15.8. The maximum atomic E-state index is 12.6. The quantitative estimate of drug-likeness (QED) is 0.449. The van der Waals surface area contributed by atoms with Crippen LogP contribution in [0.15, 0.2) is 78.1 Å². The molecule has 0 unspecified atom stereocenters. The summed E-state index contributed by atoms with van der Waals surface area (Å²) in [6, 6.07) is 11.7. The van der Waals surface area contributed by atoms with Gasteiger partial charge in [-0.05, 0) is 55.3 Å². The Morgan fingerprint density at radius 2 is 1.87 bits per heavy atom. The lowest BCUT2D eigenvalue weighted by Crippen LogP contribution is -2.41. The summed E-state index contributed by atoms with van der Waals surface area (Å²) in [5.41, 5.74) is 4.78. The van der Waals surface area contributed by atoms with E-state index in [1.54, 1.807) is 18.3 Å². The van der Waals surface area contributed by atoms with Crippen LogP contribution in [0.1, 0.15) is 30.3 Å². The molecule has 208 valence electrons. The van der Waals surface area contributed by atoms with Crippen LogP contribution in [0.4, 0.5) is 11.4 Å². The van der Waals surface area contributed by atoms with Crippen molar-refractivity contribution in [1.82, 2.24) is 20.1 Å². The number of carbonyl (C=O) groups is 1. The van der Waals surface area contributed by atoms with Crippen LogP contribution < -0.4 is 20.3 Å². The molecule has 1 amide bonds. The van der Waals surface area contributed by atoms with Gasteiger partial charge >= 0.3 is 0 Å². The molecule has 2 aromatic rings. The predicted octanol–water partition coefficient (Wildman–Crippen LogP) is 4.06. The van der Waals surface area contributed by atoms with Crippen LogP contribution in [-0.2, 0) is 4.74 Å². The molecule has 0 spiro atoms. The van der Waals surface area contributed by atoms with E-state index in [0.717, 1.165) is 74.2 Å². The number of nitrogens with one attached hydrogen (secondary N) is 2. The number of carbonyl (C=O) groups excluding carboxylic acids is 1. The lowest BCUT2D eigenvalue weighted by Gasteiger charge is -2.29. The van der Waals surface area contributed by atoms with Crippen molar-refractivity contribution in [3.63, 3.8) is 0 Å². The molecule has 0 saturated carbocycles. The summed E-state index contributed by atoms with van der Waals surface area (Å²) in [7, 11) is 6.07. The molecule has 0 radical (unpaired) electrons. The molecule has 1 aromatic heterocycles. The first-order valence-electron chi connectivity index (χ1n) is 13.4. The van der Waals surface area contributed by atoms with Crippen molar-refractivity contribution in [2.75, 3.05) is 70.8 Å². The van der Waals surface area contributed by atoms with Crippen LogP contribution in [0, 0.1) is 0 Å². The third-order valence-corrected chi connectivity index (χ3v) is 6.95. The fraction of sp³-hybridized carbons (Fsp3) is 0.400. The minimum absolute atomic E-state index is 0.200. The lowest BCUT2D eigenvalue weighted by molar-refractivity contribution is 0.0383. The Bertz CT molecular complexity index is 1220. The predicted molar refractivity (Wildman–Crippen MR) is 156 cm³/mol. The first-order valence-corrected chi connectivity index (χ1v) is 13.4. The molecule has 39 heavy (non-hydrogen) atoms. The number of hydrogen-bond acceptors (Lipinski definition) is 8. The van der Waals surface area contributed by atoms with Gasteiger partial charge in [0.25, 0.3) is 5.91 Å². The van der Waals surface area contributed by atoms with Crippen LogP contribution in [0.25, 0.3) is 0 Å². The van der Waals surface area contributed by atoms with Crippen LogP contribution in [0.3, 0.4) is 0 Å². The molecular weight excluding hydrogens is 492 g/mol. The summed E-state index contributed by atoms with van der Waals surface area (Å²) in [4.78, 5) is 23.3. The van der Waals surface area contributed by atoms with E-state index in [-0.39, 0.29) is 5.91 Å². The van der Waals surface area contributed by atoms with E-state index < -0.39 is 0 Å². The first-order chi connectivity index (χ1) is 18.8. The Morgan fingerprint density at radius 1 is 1.13 bits per heavy atom. The number of aromatic nitrogens is 1. The van der Waals surface area contributed by atoms with Crippen molar-refractivity contribution in [2.24, 2.45) is 0 Å². The van der Waals surface area contributed by atoms with E-state index in [1.165, 1.54) is 5.70 Å². The fourth-order valence-corrected chi connectivity index (χ4v) is 4.60. The number of pyridine rings is 1. The molecule has 1 fully saturated rings. The van der Waals surface area contributed by atoms with Gasteiger partial charge < -0.3 is 29.9 Å². The van der Waals surface area contributed by atoms with Crippen molar-refractivity contribution in [1.29, 1.82) is 0 Å². The number of allylic oxidation sites excluding steroid dienone is 4. The highest BCUT2D eigenvalue weighted by Gasteiger charge is 2.18. The largest absolute Gasteiger partial charge is 0.462 e. The molecule has 9 heteroatoms. The summed E-state index contributed by atoms with van der Waals surface area (Å²) in [6.45, 7) is 11.0. The Labute approximate surface area is 231 Å². The van der Waals surface area contributed by atoms with Crippen LogP contribution >= 0.6 is 0 Å². The monoisotopic (exact) mass is 532 g/mol. The number of ether oxygens (including phenoxy) is 2. The third kappa shape index (κ3) is 7.84. The van der Waals surface area contributed by atoms with Crippen LogP contribution in [-0.4, -0.2) is 81.2 Å². The number of anilines is 2. The van der Waals surface area contributed by atoms with Gasteiger partial charge in [0.1, 0.15) is 23.0 Å². The third-order valence-electron chi connectivity index (χ3n) is 6.95. The average Bonchev–Trinajstić information content (AvgIpc) is 2.94. The zero-order valence-electron chi connectivity index (χ0n) is 23.5. The molecule has 1 aliphatic heterocycles. The minimum atomic E-state index is -0.200. The van der Waals surface area contributed by atoms with Gasteiger partial charge in [0.2, 0.25) is 0 Å². The molecule has 2 N–H and O–H groups in total. The maximum absolute atomic E-state index is 12.6. The van der Waals surface area contributed by atoms with E-state index >= 15 is 0 Å². The zero-order valence-corrected chi connectivity index (χ0v) is 23.5. The molecule has 1 saturated heterocycles. The molecule has 0 bridgehead atoms. The van der Waals surface area contributed by atoms with Gasteiger partial charge in [-0.3, -0.25) is 14.7 Å². The van der Waals surface area contributed by atoms with Crippen LogP contribution in [0.5, 0.6) is 5.75 Å². The zero-order chi connectivity index (χ0) is 27.8. The Kier molecular flexibility index (Phi) is 9.62. The van der Waals surface area contributed by atoms with Gasteiger partial charge in [0.05, 0.1) is 13.2 Å². The van der Waals surface area contributed by atoms with Gasteiger partial charge in [-0.1, -0.05) is 6.58 Å². The van der Waals surface area contributed by atoms with Crippen molar-refractivity contribution in [3.05, 3.63) is 83.8 Å². The molecule has 9 nitrogen and oxygen atoms in total. The van der Waals surface area contributed by atoms with Crippen LogP contribution in [0.2, 0.25) is 0 Å². The van der Waals surface area contributed by atoms with Crippen molar-refractivity contribution < 1.29 is 14.3 Å². The number of rotatable bonds is 11. The minimum Gasteiger partial charge on any atom is -0.462 e. The lowest BCUT2D eigenvalue weighted by atomic mass is 10.0. The van der Waals surface area contributed by atoms with Gasteiger partial charge in [-0.2, -0.15) is 0 Å². The fourth-order valence-electron chi connectivity index (χ4n) is 4.60. The molecule has 2 heterocycles. The first kappa shape index (κ1) is 28.2. The van der Waals surface area contributed by atoms with Gasteiger partial charge in [0.15, 0.2) is 0 Å². The highest BCUT2D eigenvalue weighted by molar-refractivity contribution is 5.92. The second-order valence-corrected chi connectivity index (χ2v) is 10.0. The summed E-state index contributed by atoms with van der Waals surface area (Å²) in [6.07, 6.45) is 5.22. The topological polar surface area (TPSA) is 82.2 Å². The number of nitrogens with zero attached hydrogens (tertiary/aromatic N) is 4. The number of morpholine rings is 1. The van der Waals surface area contributed by atoms with E-state index in [9.17, 15) is 4.79 Å².